The molecule has 1 aliphatic heterocycles. The summed E-state index contributed by atoms with van der Waals surface area (Å²) in [4.78, 5) is 29.1. The third-order valence-corrected chi connectivity index (χ3v) is 6.30. The molecule has 0 atom stereocenters. The van der Waals surface area contributed by atoms with Gasteiger partial charge >= 0.3 is 6.03 Å². The molecule has 0 bridgehead atoms. The van der Waals surface area contributed by atoms with E-state index in [9.17, 15) is 14.0 Å². The topological polar surface area (TPSA) is 64.7 Å². The molecule has 1 saturated heterocycles. The number of hydrogen-bond acceptors (Lipinski definition) is 3. The van der Waals surface area contributed by atoms with Gasteiger partial charge in [0.15, 0.2) is 0 Å². The lowest BCUT2D eigenvalue weighted by Gasteiger charge is -2.46. The van der Waals surface area contributed by atoms with Crippen LogP contribution in [0.15, 0.2) is 48.5 Å². The van der Waals surface area contributed by atoms with E-state index < -0.39 is 5.41 Å². The number of carbonyl (C=O) groups is 2. The first-order valence-corrected chi connectivity index (χ1v) is 10.4. The molecule has 30 heavy (non-hydrogen) atoms. The molecule has 2 aliphatic rings. The normalized spacial score (nSPS) is 17.8. The van der Waals surface area contributed by atoms with Crippen LogP contribution in [0.4, 0.5) is 20.6 Å². The van der Waals surface area contributed by atoms with Crippen LogP contribution in [0, 0.1) is 5.82 Å². The molecule has 0 unspecified atom stereocenters. The summed E-state index contributed by atoms with van der Waals surface area (Å²) in [5.41, 5.74) is 2.25. The zero-order chi connectivity index (χ0) is 21.1. The fraction of sp³-hybridized carbons (Fsp3) is 0.391. The minimum atomic E-state index is -0.455. The quantitative estimate of drug-likeness (QED) is 0.813. The van der Waals surface area contributed by atoms with E-state index in [4.69, 9.17) is 0 Å². The Labute approximate surface area is 176 Å². The maximum atomic E-state index is 13.5. The standard InChI is InChI=1S/C23H27FN4O2/c1-25-22(30)26-19-7-3-17(4-8-19)23(11-2-12-23)21(29)28-15-13-27(14-16-28)20-9-5-18(24)6-10-20/h3-10H,2,11-16H2,1H3,(H2,25,26,30). The average molecular weight is 410 g/mol. The number of hydrogen-bond donors (Lipinski definition) is 2. The Morgan fingerprint density at radius 2 is 1.57 bits per heavy atom. The van der Waals surface area contributed by atoms with Gasteiger partial charge in [0.1, 0.15) is 5.82 Å². The average Bonchev–Trinajstić information content (AvgIpc) is 2.74. The van der Waals surface area contributed by atoms with Crippen LogP contribution in [0.25, 0.3) is 0 Å². The van der Waals surface area contributed by atoms with Crippen molar-refractivity contribution in [3.8, 4) is 0 Å². The molecule has 0 spiro atoms. The summed E-state index contributed by atoms with van der Waals surface area (Å²) in [6.45, 7) is 2.80. The Morgan fingerprint density at radius 3 is 2.10 bits per heavy atom. The van der Waals surface area contributed by atoms with Gasteiger partial charge in [-0.1, -0.05) is 18.6 Å². The summed E-state index contributed by atoms with van der Waals surface area (Å²) >= 11 is 0. The second-order valence-corrected chi connectivity index (χ2v) is 7.97. The molecule has 2 N–H and O–H groups in total. The predicted molar refractivity (Wildman–Crippen MR) is 115 cm³/mol. The molecule has 0 aromatic heterocycles. The van der Waals surface area contributed by atoms with Gasteiger partial charge in [-0.25, -0.2) is 9.18 Å². The summed E-state index contributed by atoms with van der Waals surface area (Å²) < 4.78 is 13.2. The van der Waals surface area contributed by atoms with Crippen molar-refractivity contribution in [1.82, 2.24) is 10.2 Å². The zero-order valence-electron chi connectivity index (χ0n) is 17.2. The van der Waals surface area contributed by atoms with Crippen LogP contribution in [0.1, 0.15) is 24.8 Å². The van der Waals surface area contributed by atoms with Gasteiger partial charge in [0, 0.05) is 44.6 Å². The van der Waals surface area contributed by atoms with E-state index in [0.29, 0.717) is 18.8 Å². The fourth-order valence-corrected chi connectivity index (χ4v) is 4.34. The Kier molecular flexibility index (Phi) is 5.61. The van der Waals surface area contributed by atoms with Gasteiger partial charge in [-0.15, -0.1) is 0 Å². The first kappa shape index (κ1) is 20.2. The van der Waals surface area contributed by atoms with Crippen molar-refractivity contribution in [3.05, 3.63) is 59.9 Å². The maximum absolute atomic E-state index is 13.5. The fourth-order valence-electron chi connectivity index (χ4n) is 4.34. The number of urea groups is 1. The molecule has 2 aromatic rings. The molecule has 2 fully saturated rings. The number of halogens is 1. The molecule has 7 heteroatoms. The van der Waals surface area contributed by atoms with Crippen molar-refractivity contribution in [2.45, 2.75) is 24.7 Å². The van der Waals surface area contributed by atoms with Crippen molar-refractivity contribution >= 4 is 23.3 Å². The molecule has 4 rings (SSSR count). The van der Waals surface area contributed by atoms with Crippen LogP contribution in [-0.2, 0) is 10.2 Å². The summed E-state index contributed by atoms with van der Waals surface area (Å²) in [6, 6.07) is 13.9. The Balaban J connectivity index is 1.43. The third-order valence-electron chi connectivity index (χ3n) is 6.30. The molecule has 0 radical (unpaired) electrons. The minimum Gasteiger partial charge on any atom is -0.368 e. The van der Waals surface area contributed by atoms with Crippen molar-refractivity contribution in [1.29, 1.82) is 0 Å². The summed E-state index contributed by atoms with van der Waals surface area (Å²) in [5.74, 6) is -0.0458. The summed E-state index contributed by atoms with van der Waals surface area (Å²) in [5, 5.41) is 5.27. The van der Waals surface area contributed by atoms with Gasteiger partial charge in [-0.05, 0) is 54.8 Å². The molecular formula is C23H27FN4O2. The number of benzene rings is 2. The van der Waals surface area contributed by atoms with Gasteiger partial charge in [-0.2, -0.15) is 0 Å². The van der Waals surface area contributed by atoms with E-state index in [1.807, 2.05) is 29.2 Å². The van der Waals surface area contributed by atoms with E-state index >= 15 is 0 Å². The van der Waals surface area contributed by atoms with E-state index in [2.05, 4.69) is 15.5 Å². The number of nitrogens with zero attached hydrogens (tertiary/aromatic N) is 2. The number of carbonyl (C=O) groups excluding carboxylic acids is 2. The smallest absolute Gasteiger partial charge is 0.318 e. The van der Waals surface area contributed by atoms with Crippen LogP contribution in [0.3, 0.4) is 0 Å². The molecule has 1 saturated carbocycles. The van der Waals surface area contributed by atoms with E-state index in [1.54, 1.807) is 19.2 Å². The largest absolute Gasteiger partial charge is 0.368 e. The Bertz CT molecular complexity index is 902. The molecule has 2 aromatic carbocycles. The lowest BCUT2D eigenvalue weighted by Crippen LogP contribution is -2.56. The van der Waals surface area contributed by atoms with Crippen molar-refractivity contribution in [2.24, 2.45) is 0 Å². The predicted octanol–water partition coefficient (Wildman–Crippen LogP) is 3.35. The highest BCUT2D eigenvalue weighted by Gasteiger charge is 2.47. The van der Waals surface area contributed by atoms with Crippen molar-refractivity contribution in [2.75, 3.05) is 43.4 Å². The highest BCUT2D eigenvalue weighted by molar-refractivity contribution is 5.91. The van der Waals surface area contributed by atoms with E-state index in [0.717, 1.165) is 43.6 Å². The third kappa shape index (κ3) is 3.84. The number of rotatable bonds is 4. The van der Waals surface area contributed by atoms with Crippen LogP contribution in [0.2, 0.25) is 0 Å². The van der Waals surface area contributed by atoms with E-state index in [1.165, 1.54) is 12.1 Å². The van der Waals surface area contributed by atoms with Gasteiger partial charge in [0.25, 0.3) is 0 Å². The monoisotopic (exact) mass is 410 g/mol. The number of piperazine rings is 1. The van der Waals surface area contributed by atoms with Gasteiger partial charge in [0.05, 0.1) is 5.41 Å². The number of nitrogens with one attached hydrogen (secondary N) is 2. The highest BCUT2D eigenvalue weighted by atomic mass is 19.1. The van der Waals surface area contributed by atoms with Crippen molar-refractivity contribution in [3.63, 3.8) is 0 Å². The first-order valence-electron chi connectivity index (χ1n) is 10.4. The summed E-state index contributed by atoms with van der Waals surface area (Å²) in [6.07, 6.45) is 2.75. The van der Waals surface area contributed by atoms with Crippen LogP contribution < -0.4 is 15.5 Å². The van der Waals surface area contributed by atoms with Gasteiger partial charge < -0.3 is 20.4 Å². The lowest BCUT2D eigenvalue weighted by molar-refractivity contribution is -0.141. The van der Waals surface area contributed by atoms with Gasteiger partial charge in [0.2, 0.25) is 5.91 Å². The zero-order valence-corrected chi connectivity index (χ0v) is 17.2. The number of anilines is 2. The molecule has 1 heterocycles. The SMILES string of the molecule is CNC(=O)Nc1ccc(C2(C(=O)N3CCN(c4ccc(F)cc4)CC3)CCC2)cc1. The van der Waals surface area contributed by atoms with Crippen LogP contribution in [-0.4, -0.2) is 50.1 Å². The lowest BCUT2D eigenvalue weighted by atomic mass is 9.63. The summed E-state index contributed by atoms with van der Waals surface area (Å²) in [7, 11) is 1.57. The maximum Gasteiger partial charge on any atom is 0.318 e. The Hall–Kier alpha value is -3.09. The molecule has 1 aliphatic carbocycles. The van der Waals surface area contributed by atoms with E-state index in [-0.39, 0.29) is 17.8 Å². The Morgan fingerprint density at radius 1 is 0.933 bits per heavy atom. The van der Waals surface area contributed by atoms with Crippen LogP contribution in [0.5, 0.6) is 0 Å². The number of amides is 3. The molecule has 158 valence electrons. The first-order chi connectivity index (χ1) is 14.5. The minimum absolute atomic E-state index is 0.194. The van der Waals surface area contributed by atoms with Gasteiger partial charge in [-0.3, -0.25) is 4.79 Å². The highest BCUT2D eigenvalue weighted by Crippen LogP contribution is 2.45. The van der Waals surface area contributed by atoms with Crippen LogP contribution >= 0.6 is 0 Å². The second kappa shape index (κ2) is 8.34. The molecule has 6 nitrogen and oxygen atoms in total. The molecular weight excluding hydrogens is 383 g/mol. The van der Waals surface area contributed by atoms with Crippen molar-refractivity contribution < 1.29 is 14.0 Å². The second-order valence-electron chi connectivity index (χ2n) is 7.97. The molecule has 3 amide bonds.